The van der Waals surface area contributed by atoms with Crippen molar-refractivity contribution in [2.45, 2.75) is 77.9 Å². The smallest absolute Gasteiger partial charge is 0.222 e. The SMILES string of the molecule is CC(C)CC(=O)NC1(NC(=O)CC(C)C)C=Cc2[nH]c3c(c2C1)CC(N(C)C)CC3.Cl. The molecule has 0 saturated heterocycles. The number of hydrogen-bond acceptors (Lipinski definition) is 3. The molecule has 1 heterocycles. The van der Waals surface area contributed by atoms with Gasteiger partial charge in [-0.1, -0.05) is 27.7 Å². The first kappa shape index (κ1) is 25.5. The van der Waals surface area contributed by atoms with Crippen molar-refractivity contribution in [2.24, 2.45) is 11.8 Å². The zero-order valence-electron chi connectivity index (χ0n) is 19.8. The molecule has 2 amide bonds. The summed E-state index contributed by atoms with van der Waals surface area (Å²) in [6.07, 6.45) is 8.63. The van der Waals surface area contributed by atoms with Crippen LogP contribution in [0.15, 0.2) is 6.08 Å². The maximum atomic E-state index is 12.7. The van der Waals surface area contributed by atoms with E-state index in [9.17, 15) is 9.59 Å². The summed E-state index contributed by atoms with van der Waals surface area (Å²) >= 11 is 0. The molecule has 1 aromatic rings. The second kappa shape index (κ2) is 10.2. The summed E-state index contributed by atoms with van der Waals surface area (Å²) in [5.41, 5.74) is 4.15. The highest BCUT2D eigenvalue weighted by Gasteiger charge is 2.38. The van der Waals surface area contributed by atoms with Crippen LogP contribution in [-0.4, -0.2) is 47.5 Å². The van der Waals surface area contributed by atoms with Gasteiger partial charge >= 0.3 is 0 Å². The highest BCUT2D eigenvalue weighted by Crippen LogP contribution is 2.34. The number of halogens is 1. The van der Waals surface area contributed by atoms with Crippen LogP contribution in [0.25, 0.3) is 6.08 Å². The van der Waals surface area contributed by atoms with Gasteiger partial charge in [-0.3, -0.25) is 9.59 Å². The van der Waals surface area contributed by atoms with Gasteiger partial charge in [0.05, 0.1) is 0 Å². The van der Waals surface area contributed by atoms with Gasteiger partial charge in [0.1, 0.15) is 5.66 Å². The third kappa shape index (κ3) is 6.13. The lowest BCUT2D eigenvalue weighted by atomic mass is 9.84. The lowest BCUT2D eigenvalue weighted by Gasteiger charge is -2.36. The van der Waals surface area contributed by atoms with Crippen LogP contribution < -0.4 is 10.6 Å². The van der Waals surface area contributed by atoms with Crippen LogP contribution in [0.5, 0.6) is 0 Å². The Balaban J connectivity index is 0.00000341. The van der Waals surface area contributed by atoms with Gasteiger partial charge in [0.2, 0.25) is 11.8 Å². The number of aromatic amines is 1. The zero-order valence-corrected chi connectivity index (χ0v) is 20.6. The number of carbonyl (C=O) groups excluding carboxylic acids is 2. The molecule has 174 valence electrons. The molecular weight excluding hydrogens is 412 g/mol. The summed E-state index contributed by atoms with van der Waals surface area (Å²) in [5.74, 6) is 0.465. The first-order valence-electron chi connectivity index (χ1n) is 11.3. The highest BCUT2D eigenvalue weighted by atomic mass is 35.5. The number of aryl methyl sites for hydroxylation is 1. The molecule has 1 aromatic heterocycles. The van der Waals surface area contributed by atoms with Gasteiger partial charge in [-0.05, 0) is 68.5 Å². The fourth-order valence-electron chi connectivity index (χ4n) is 4.66. The average Bonchev–Trinajstić information content (AvgIpc) is 2.96. The van der Waals surface area contributed by atoms with Crippen LogP contribution in [0.1, 0.15) is 69.5 Å². The third-order valence-electron chi connectivity index (χ3n) is 6.14. The van der Waals surface area contributed by atoms with E-state index in [2.05, 4.69) is 34.6 Å². The second-order valence-electron chi connectivity index (χ2n) is 10.1. The van der Waals surface area contributed by atoms with E-state index in [0.29, 0.717) is 25.3 Å². The molecule has 0 aliphatic heterocycles. The van der Waals surface area contributed by atoms with Gasteiger partial charge in [-0.15, -0.1) is 12.4 Å². The van der Waals surface area contributed by atoms with Gasteiger partial charge in [-0.2, -0.15) is 0 Å². The number of amides is 2. The number of hydrogen-bond donors (Lipinski definition) is 3. The first-order chi connectivity index (χ1) is 14.1. The van der Waals surface area contributed by atoms with E-state index in [-0.39, 0.29) is 36.1 Å². The second-order valence-corrected chi connectivity index (χ2v) is 10.1. The average molecular weight is 451 g/mol. The molecule has 0 spiro atoms. The minimum atomic E-state index is -0.869. The van der Waals surface area contributed by atoms with E-state index in [1.54, 1.807) is 0 Å². The van der Waals surface area contributed by atoms with Crippen molar-refractivity contribution < 1.29 is 9.59 Å². The van der Waals surface area contributed by atoms with Crippen molar-refractivity contribution in [2.75, 3.05) is 14.1 Å². The summed E-state index contributed by atoms with van der Waals surface area (Å²) < 4.78 is 0. The number of fused-ring (bicyclic) bond motifs is 3. The number of nitrogens with zero attached hydrogens (tertiary/aromatic N) is 1. The number of nitrogens with one attached hydrogen (secondary N) is 3. The van der Waals surface area contributed by atoms with Gasteiger partial charge in [0, 0.05) is 36.7 Å². The van der Waals surface area contributed by atoms with Gasteiger partial charge < -0.3 is 20.5 Å². The fraction of sp³-hybridized carbons (Fsp3) is 0.667. The molecule has 2 aliphatic rings. The molecule has 0 radical (unpaired) electrons. The first-order valence-corrected chi connectivity index (χ1v) is 11.3. The monoisotopic (exact) mass is 450 g/mol. The summed E-state index contributed by atoms with van der Waals surface area (Å²) in [6, 6.07) is 0.517. The van der Waals surface area contributed by atoms with Crippen LogP contribution in [0, 0.1) is 11.8 Å². The summed E-state index contributed by atoms with van der Waals surface area (Å²) in [4.78, 5) is 31.3. The standard InChI is InChI=1S/C24H38N4O2.ClH/c1-15(2)11-22(29)26-24(27-23(30)12-16(3)4)10-9-21-19(14-24)18-13-17(28(5)6)7-8-20(18)25-21;/h9-10,15-17,25H,7-8,11-14H2,1-6H3,(H,26,29)(H,27,30);1H. The van der Waals surface area contributed by atoms with E-state index in [0.717, 1.165) is 25.0 Å². The molecular formula is C24H39ClN4O2. The normalized spacial score (nSPS) is 19.1. The number of carbonyl (C=O) groups is 2. The van der Waals surface area contributed by atoms with Crippen LogP contribution in [0.2, 0.25) is 0 Å². The Morgan fingerprint density at radius 3 is 2.19 bits per heavy atom. The van der Waals surface area contributed by atoms with Crippen molar-refractivity contribution >= 4 is 30.3 Å². The molecule has 1 atom stereocenters. The summed E-state index contributed by atoms with van der Waals surface area (Å²) in [6.45, 7) is 8.12. The van der Waals surface area contributed by atoms with Crippen LogP contribution in [0.3, 0.4) is 0 Å². The Morgan fingerprint density at radius 2 is 1.68 bits per heavy atom. The molecule has 0 bridgehead atoms. The van der Waals surface area contributed by atoms with Crippen molar-refractivity contribution in [1.29, 1.82) is 0 Å². The highest BCUT2D eigenvalue weighted by molar-refractivity contribution is 5.85. The Kier molecular flexibility index (Phi) is 8.40. The van der Waals surface area contributed by atoms with E-state index < -0.39 is 5.66 Å². The lowest BCUT2D eigenvalue weighted by Crippen LogP contribution is -2.61. The number of H-pyrrole nitrogens is 1. The van der Waals surface area contributed by atoms with Gasteiger partial charge in [0.15, 0.2) is 0 Å². The molecule has 6 nitrogen and oxygen atoms in total. The Hall–Kier alpha value is -1.79. The predicted octanol–water partition coefficient (Wildman–Crippen LogP) is 3.45. The van der Waals surface area contributed by atoms with Gasteiger partial charge in [-0.25, -0.2) is 0 Å². The van der Waals surface area contributed by atoms with E-state index in [1.165, 1.54) is 16.8 Å². The van der Waals surface area contributed by atoms with Crippen molar-refractivity contribution in [1.82, 2.24) is 20.5 Å². The third-order valence-corrected chi connectivity index (χ3v) is 6.14. The molecule has 3 N–H and O–H groups in total. The lowest BCUT2D eigenvalue weighted by molar-refractivity contribution is -0.126. The van der Waals surface area contributed by atoms with Gasteiger partial charge in [0.25, 0.3) is 0 Å². The molecule has 3 rings (SSSR count). The maximum absolute atomic E-state index is 12.7. The Bertz CT molecular complexity index is 802. The molecule has 31 heavy (non-hydrogen) atoms. The molecule has 0 saturated carbocycles. The number of rotatable bonds is 7. The molecule has 1 unspecified atom stereocenters. The summed E-state index contributed by atoms with van der Waals surface area (Å²) in [5, 5.41) is 6.31. The number of likely N-dealkylation sites (N-methyl/N-ethyl adjacent to an activating group) is 1. The minimum Gasteiger partial charge on any atom is -0.358 e. The largest absolute Gasteiger partial charge is 0.358 e. The van der Waals surface area contributed by atoms with Crippen molar-refractivity contribution in [3.05, 3.63) is 28.6 Å². The maximum Gasteiger partial charge on any atom is 0.222 e. The van der Waals surface area contributed by atoms with Crippen LogP contribution >= 0.6 is 12.4 Å². The Labute approximate surface area is 193 Å². The van der Waals surface area contributed by atoms with E-state index >= 15 is 0 Å². The fourth-order valence-corrected chi connectivity index (χ4v) is 4.66. The molecule has 0 fully saturated rings. The van der Waals surface area contributed by atoms with Crippen LogP contribution in [-0.2, 0) is 28.9 Å². The quantitative estimate of drug-likeness (QED) is 0.557. The van der Waals surface area contributed by atoms with Crippen molar-refractivity contribution in [3.8, 4) is 0 Å². The molecule has 7 heteroatoms. The Morgan fingerprint density at radius 1 is 1.10 bits per heavy atom. The predicted molar refractivity (Wildman–Crippen MR) is 128 cm³/mol. The minimum absolute atomic E-state index is 0. The topological polar surface area (TPSA) is 77.2 Å². The van der Waals surface area contributed by atoms with E-state index in [4.69, 9.17) is 0 Å². The number of aromatic nitrogens is 1. The zero-order chi connectivity index (χ0) is 22.1. The van der Waals surface area contributed by atoms with E-state index in [1.807, 2.05) is 39.8 Å². The molecule has 0 aromatic carbocycles. The summed E-state index contributed by atoms with van der Waals surface area (Å²) in [7, 11) is 4.27. The van der Waals surface area contributed by atoms with Crippen LogP contribution in [0.4, 0.5) is 0 Å². The molecule has 2 aliphatic carbocycles. The van der Waals surface area contributed by atoms with Crippen molar-refractivity contribution in [3.63, 3.8) is 0 Å².